The predicted octanol–water partition coefficient (Wildman–Crippen LogP) is 3.90. The summed E-state index contributed by atoms with van der Waals surface area (Å²) in [6.07, 6.45) is -1.12. The fourth-order valence-electron chi connectivity index (χ4n) is 2.38. The Balaban J connectivity index is 1.83. The molecule has 11 heteroatoms. The number of rotatable bonds is 4. The molecule has 0 spiro atoms. The van der Waals surface area contributed by atoms with E-state index in [1.165, 1.54) is 36.3 Å². The first-order valence-corrected chi connectivity index (χ1v) is 8.17. The summed E-state index contributed by atoms with van der Waals surface area (Å²) < 4.78 is 44.3. The van der Waals surface area contributed by atoms with Crippen molar-refractivity contribution in [1.29, 1.82) is 0 Å². The van der Waals surface area contributed by atoms with Gasteiger partial charge in [0.05, 0.1) is 42.0 Å². The lowest BCUT2D eigenvalue weighted by Gasteiger charge is -2.09. The van der Waals surface area contributed by atoms with E-state index < -0.39 is 17.6 Å². The van der Waals surface area contributed by atoms with Gasteiger partial charge in [0.15, 0.2) is 16.7 Å². The molecule has 0 saturated carbocycles. The van der Waals surface area contributed by atoms with Gasteiger partial charge in [-0.05, 0) is 19.1 Å². The monoisotopic (exact) mass is 411 g/mol. The lowest BCUT2D eigenvalue weighted by atomic mass is 10.2. The summed E-state index contributed by atoms with van der Waals surface area (Å²) in [7, 11) is 1.42. The molecule has 1 N–H and O–H groups in total. The maximum Gasteiger partial charge on any atom is 0.417 e. The van der Waals surface area contributed by atoms with Crippen LogP contribution >= 0.6 is 11.6 Å². The standard InChI is InChI=1S/C17H13ClF3N5O2/c1-9-12(16(27)25-11-5-13(28-2)15(18)23-7-11)8-24-26(9)14-4-3-10(6-22-14)17(19,20)21/h3-8H,1-2H3,(H,25,27). The van der Waals surface area contributed by atoms with Crippen molar-refractivity contribution in [3.63, 3.8) is 0 Å². The van der Waals surface area contributed by atoms with E-state index in [2.05, 4.69) is 20.4 Å². The molecule has 7 nitrogen and oxygen atoms in total. The third kappa shape index (κ3) is 3.91. The fourth-order valence-corrected chi connectivity index (χ4v) is 2.56. The van der Waals surface area contributed by atoms with Crippen LogP contribution in [0.4, 0.5) is 18.9 Å². The van der Waals surface area contributed by atoms with Crippen LogP contribution in [0.2, 0.25) is 5.15 Å². The highest BCUT2D eigenvalue weighted by molar-refractivity contribution is 6.30. The molecule has 0 aliphatic heterocycles. The van der Waals surface area contributed by atoms with Crippen molar-refractivity contribution in [2.75, 3.05) is 12.4 Å². The molecule has 0 atom stereocenters. The molecule has 146 valence electrons. The average molecular weight is 412 g/mol. The first-order valence-electron chi connectivity index (χ1n) is 7.80. The van der Waals surface area contributed by atoms with Crippen molar-refractivity contribution in [2.45, 2.75) is 13.1 Å². The minimum absolute atomic E-state index is 0.151. The maximum atomic E-state index is 12.7. The Kier molecular flexibility index (Phi) is 5.23. The Morgan fingerprint density at radius 2 is 1.96 bits per heavy atom. The summed E-state index contributed by atoms with van der Waals surface area (Å²) in [5.74, 6) is -0.0398. The lowest BCUT2D eigenvalue weighted by molar-refractivity contribution is -0.137. The Hall–Kier alpha value is -3.14. The van der Waals surface area contributed by atoms with Crippen LogP contribution in [0.1, 0.15) is 21.6 Å². The van der Waals surface area contributed by atoms with Crippen LogP contribution in [0, 0.1) is 6.92 Å². The lowest BCUT2D eigenvalue weighted by Crippen LogP contribution is -2.14. The van der Waals surface area contributed by atoms with Gasteiger partial charge in [-0.3, -0.25) is 4.79 Å². The van der Waals surface area contributed by atoms with E-state index >= 15 is 0 Å². The van der Waals surface area contributed by atoms with E-state index in [1.54, 1.807) is 6.92 Å². The smallest absolute Gasteiger partial charge is 0.417 e. The number of halogens is 4. The summed E-state index contributed by atoms with van der Waals surface area (Å²) in [6, 6.07) is 3.58. The molecule has 0 saturated heterocycles. The number of anilines is 1. The van der Waals surface area contributed by atoms with Crippen molar-refractivity contribution >= 4 is 23.2 Å². The van der Waals surface area contributed by atoms with Crippen molar-refractivity contribution < 1.29 is 22.7 Å². The topological polar surface area (TPSA) is 81.9 Å². The molecule has 3 aromatic rings. The average Bonchev–Trinajstić information content (AvgIpc) is 3.04. The summed E-state index contributed by atoms with van der Waals surface area (Å²) in [5.41, 5.74) is 0.100. The SMILES string of the molecule is COc1cc(NC(=O)c2cnn(-c3ccc(C(F)(F)F)cn3)c2C)cnc1Cl. The Labute approximate surface area is 162 Å². The molecule has 3 aromatic heterocycles. The second-order valence-electron chi connectivity index (χ2n) is 5.63. The quantitative estimate of drug-likeness (QED) is 0.658. The molecule has 1 amide bonds. The molecule has 0 aliphatic carbocycles. The molecule has 28 heavy (non-hydrogen) atoms. The van der Waals surface area contributed by atoms with Gasteiger partial charge in [-0.15, -0.1) is 0 Å². The second-order valence-corrected chi connectivity index (χ2v) is 5.99. The normalized spacial score (nSPS) is 11.4. The number of carbonyl (C=O) groups is 1. The minimum Gasteiger partial charge on any atom is -0.493 e. The van der Waals surface area contributed by atoms with Gasteiger partial charge in [-0.1, -0.05) is 11.6 Å². The summed E-state index contributed by atoms with van der Waals surface area (Å²) in [5, 5.41) is 6.82. The molecule has 0 unspecified atom stereocenters. The zero-order valence-corrected chi connectivity index (χ0v) is 15.3. The van der Waals surface area contributed by atoms with Crippen LogP contribution in [-0.4, -0.2) is 32.8 Å². The molecule has 0 aliphatic rings. The maximum absolute atomic E-state index is 12.7. The summed E-state index contributed by atoms with van der Waals surface area (Å²) >= 11 is 5.85. The third-order valence-electron chi connectivity index (χ3n) is 3.83. The van der Waals surface area contributed by atoms with Gasteiger partial charge in [0.25, 0.3) is 5.91 Å². The van der Waals surface area contributed by atoms with E-state index in [4.69, 9.17) is 16.3 Å². The molecule has 0 radical (unpaired) electrons. The number of alkyl halides is 3. The van der Waals surface area contributed by atoms with Crippen molar-refractivity contribution in [3.05, 3.63) is 58.8 Å². The highest BCUT2D eigenvalue weighted by Gasteiger charge is 2.30. The first-order chi connectivity index (χ1) is 13.2. The number of methoxy groups -OCH3 is 1. The van der Waals surface area contributed by atoms with Crippen LogP contribution in [0.15, 0.2) is 36.8 Å². The molecule has 3 heterocycles. The highest BCUT2D eigenvalue weighted by atomic mass is 35.5. The van der Waals surface area contributed by atoms with Gasteiger partial charge in [-0.25, -0.2) is 14.6 Å². The number of carbonyl (C=O) groups excluding carboxylic acids is 1. The summed E-state index contributed by atoms with van der Waals surface area (Å²) in [6.45, 7) is 1.60. The number of amides is 1. The molecule has 3 rings (SSSR count). The predicted molar refractivity (Wildman–Crippen MR) is 94.9 cm³/mol. The minimum atomic E-state index is -4.48. The van der Waals surface area contributed by atoms with Gasteiger partial charge in [0, 0.05) is 12.3 Å². The van der Waals surface area contributed by atoms with Crippen LogP contribution in [-0.2, 0) is 6.18 Å². The van der Waals surface area contributed by atoms with Gasteiger partial charge in [0.2, 0.25) is 0 Å². The van der Waals surface area contributed by atoms with Crippen molar-refractivity contribution in [1.82, 2.24) is 19.7 Å². The van der Waals surface area contributed by atoms with Gasteiger partial charge in [-0.2, -0.15) is 18.3 Å². The van der Waals surface area contributed by atoms with Gasteiger partial charge < -0.3 is 10.1 Å². The summed E-state index contributed by atoms with van der Waals surface area (Å²) in [4.78, 5) is 20.2. The number of nitrogens with one attached hydrogen (secondary N) is 1. The largest absolute Gasteiger partial charge is 0.493 e. The van der Waals surface area contributed by atoms with E-state index in [0.29, 0.717) is 23.3 Å². The molecule has 0 bridgehead atoms. The van der Waals surface area contributed by atoms with Crippen molar-refractivity contribution in [2.24, 2.45) is 0 Å². The van der Waals surface area contributed by atoms with E-state index in [9.17, 15) is 18.0 Å². The van der Waals surface area contributed by atoms with Crippen molar-refractivity contribution in [3.8, 4) is 11.6 Å². The molecule has 0 aromatic carbocycles. The number of hydrogen-bond acceptors (Lipinski definition) is 5. The van der Waals surface area contributed by atoms with Gasteiger partial charge >= 0.3 is 6.18 Å². The number of aromatic nitrogens is 4. The molecular weight excluding hydrogens is 399 g/mol. The third-order valence-corrected chi connectivity index (χ3v) is 4.12. The second kappa shape index (κ2) is 7.47. The fraction of sp³-hybridized carbons (Fsp3) is 0.176. The van der Waals surface area contributed by atoms with E-state index in [0.717, 1.165) is 6.07 Å². The Bertz CT molecular complexity index is 1020. The highest BCUT2D eigenvalue weighted by Crippen LogP contribution is 2.29. The zero-order valence-electron chi connectivity index (χ0n) is 14.6. The van der Waals surface area contributed by atoms with Crippen LogP contribution < -0.4 is 10.1 Å². The van der Waals surface area contributed by atoms with E-state index in [1.807, 2.05) is 0 Å². The first kappa shape index (κ1) is 19.6. The Morgan fingerprint density at radius 3 is 2.57 bits per heavy atom. The number of nitrogens with zero attached hydrogens (tertiary/aromatic N) is 4. The number of hydrogen-bond donors (Lipinski definition) is 1. The van der Waals surface area contributed by atoms with Gasteiger partial charge in [0.1, 0.15) is 0 Å². The van der Waals surface area contributed by atoms with Crippen LogP contribution in [0.3, 0.4) is 0 Å². The number of pyridine rings is 2. The number of ether oxygens (including phenoxy) is 1. The Morgan fingerprint density at radius 1 is 1.21 bits per heavy atom. The van der Waals surface area contributed by atoms with E-state index in [-0.39, 0.29) is 16.5 Å². The van der Waals surface area contributed by atoms with Crippen LogP contribution in [0.5, 0.6) is 5.75 Å². The van der Waals surface area contributed by atoms with Crippen LogP contribution in [0.25, 0.3) is 5.82 Å². The molecular formula is C17H13ClF3N5O2. The molecule has 0 fully saturated rings. The zero-order chi connectivity index (χ0) is 20.5.